The lowest BCUT2D eigenvalue weighted by Gasteiger charge is -2.31. The number of benzene rings is 3. The highest BCUT2D eigenvalue weighted by molar-refractivity contribution is 5.81. The number of hydrogen-bond donors (Lipinski definition) is 0. The van der Waals surface area contributed by atoms with E-state index in [1.165, 1.54) is 11.1 Å². The lowest BCUT2D eigenvalue weighted by atomic mass is 9.99. The van der Waals surface area contributed by atoms with Gasteiger partial charge in [0.25, 0.3) is 5.91 Å². The molecule has 0 spiro atoms. The Bertz CT molecular complexity index is 936. The minimum atomic E-state index is -0.528. The number of carbonyl (C=O) groups excluding carboxylic acids is 1. The molecule has 136 valence electrons. The Kier molecular flexibility index (Phi) is 4.93. The van der Waals surface area contributed by atoms with Gasteiger partial charge in [-0.15, -0.1) is 0 Å². The molecule has 3 aromatic carbocycles. The molecule has 3 heteroatoms. The first-order chi connectivity index (χ1) is 13.2. The summed E-state index contributed by atoms with van der Waals surface area (Å²) < 4.78 is 6.11. The van der Waals surface area contributed by atoms with E-state index in [4.69, 9.17) is 4.74 Å². The van der Waals surface area contributed by atoms with Crippen LogP contribution < -0.4 is 4.74 Å². The van der Waals surface area contributed by atoms with Gasteiger partial charge >= 0.3 is 0 Å². The second kappa shape index (κ2) is 7.67. The van der Waals surface area contributed by atoms with Gasteiger partial charge in [0.15, 0.2) is 6.10 Å². The van der Waals surface area contributed by atoms with Gasteiger partial charge in [0.1, 0.15) is 5.75 Å². The van der Waals surface area contributed by atoms with E-state index in [1.54, 1.807) is 0 Å². The molecule has 3 aromatic rings. The maximum absolute atomic E-state index is 13.0. The van der Waals surface area contributed by atoms with Crippen molar-refractivity contribution >= 4 is 5.91 Å². The number of fused-ring (bicyclic) bond motifs is 1. The molecule has 0 bridgehead atoms. The Labute approximate surface area is 160 Å². The minimum Gasteiger partial charge on any atom is -0.480 e. The molecule has 0 aromatic heterocycles. The van der Waals surface area contributed by atoms with Gasteiger partial charge < -0.3 is 9.64 Å². The van der Waals surface area contributed by atoms with E-state index in [0.717, 1.165) is 29.8 Å². The molecule has 4 rings (SSSR count). The fourth-order valence-corrected chi connectivity index (χ4v) is 3.61. The average Bonchev–Trinajstić information content (AvgIpc) is 2.74. The fraction of sp³-hybridized carbons (Fsp3) is 0.208. The molecule has 1 atom stereocenters. The standard InChI is InChI=1S/C24H23NO2/c1-18(24(26)25-16-15-19-9-5-6-12-21(19)17-25)27-23-14-8-7-13-22(23)20-10-3-2-4-11-20/h2-14,18H,15-17H2,1H3/t18-/m0/s1. The topological polar surface area (TPSA) is 29.5 Å². The lowest BCUT2D eigenvalue weighted by molar-refractivity contribution is -0.138. The van der Waals surface area contributed by atoms with Gasteiger partial charge in [-0.05, 0) is 36.1 Å². The van der Waals surface area contributed by atoms with E-state index >= 15 is 0 Å². The van der Waals surface area contributed by atoms with Crippen molar-refractivity contribution in [3.8, 4) is 16.9 Å². The van der Waals surface area contributed by atoms with Crippen LogP contribution in [0.25, 0.3) is 11.1 Å². The molecule has 0 aliphatic carbocycles. The number of nitrogens with zero attached hydrogens (tertiary/aromatic N) is 1. The van der Waals surface area contributed by atoms with Crippen LogP contribution in [-0.2, 0) is 17.8 Å². The normalized spacial score (nSPS) is 14.3. The first-order valence-electron chi connectivity index (χ1n) is 9.39. The van der Waals surface area contributed by atoms with Crippen molar-refractivity contribution in [1.29, 1.82) is 0 Å². The number of rotatable bonds is 4. The maximum Gasteiger partial charge on any atom is 0.263 e. The van der Waals surface area contributed by atoms with Crippen LogP contribution in [0.15, 0.2) is 78.9 Å². The van der Waals surface area contributed by atoms with Crippen molar-refractivity contribution in [1.82, 2.24) is 4.90 Å². The number of carbonyl (C=O) groups is 1. The van der Waals surface area contributed by atoms with Crippen molar-refractivity contribution in [2.24, 2.45) is 0 Å². The quantitative estimate of drug-likeness (QED) is 0.677. The van der Waals surface area contributed by atoms with Gasteiger partial charge in [-0.1, -0.05) is 72.8 Å². The highest BCUT2D eigenvalue weighted by Gasteiger charge is 2.26. The van der Waals surface area contributed by atoms with Crippen LogP contribution in [0.1, 0.15) is 18.1 Å². The number of hydrogen-bond acceptors (Lipinski definition) is 2. The van der Waals surface area contributed by atoms with Gasteiger partial charge in [-0.2, -0.15) is 0 Å². The van der Waals surface area contributed by atoms with Gasteiger partial charge in [-0.3, -0.25) is 4.79 Å². The lowest BCUT2D eigenvalue weighted by Crippen LogP contribution is -2.43. The number of amides is 1. The van der Waals surface area contributed by atoms with Crippen LogP contribution in [-0.4, -0.2) is 23.5 Å². The molecule has 1 amide bonds. The average molecular weight is 357 g/mol. The minimum absolute atomic E-state index is 0.0346. The monoisotopic (exact) mass is 357 g/mol. The maximum atomic E-state index is 13.0. The summed E-state index contributed by atoms with van der Waals surface area (Å²) in [7, 11) is 0. The first kappa shape index (κ1) is 17.3. The summed E-state index contributed by atoms with van der Waals surface area (Å²) >= 11 is 0. The molecule has 3 nitrogen and oxygen atoms in total. The van der Waals surface area contributed by atoms with Crippen LogP contribution in [0.4, 0.5) is 0 Å². The van der Waals surface area contributed by atoms with Crippen molar-refractivity contribution < 1.29 is 9.53 Å². The van der Waals surface area contributed by atoms with Gasteiger partial charge in [0, 0.05) is 18.7 Å². The molecular formula is C24H23NO2. The molecule has 1 aliphatic heterocycles. The Hall–Kier alpha value is -3.07. The largest absolute Gasteiger partial charge is 0.480 e. The second-order valence-electron chi connectivity index (χ2n) is 6.90. The predicted molar refractivity (Wildman–Crippen MR) is 108 cm³/mol. The van der Waals surface area contributed by atoms with Crippen LogP contribution >= 0.6 is 0 Å². The van der Waals surface area contributed by atoms with Crippen molar-refractivity contribution in [3.63, 3.8) is 0 Å². The van der Waals surface area contributed by atoms with Crippen molar-refractivity contribution in [3.05, 3.63) is 90.0 Å². The zero-order valence-corrected chi connectivity index (χ0v) is 15.5. The van der Waals surface area contributed by atoms with Crippen LogP contribution in [0, 0.1) is 0 Å². The van der Waals surface area contributed by atoms with Gasteiger partial charge in [0.2, 0.25) is 0 Å². The molecule has 0 fully saturated rings. The smallest absolute Gasteiger partial charge is 0.263 e. The van der Waals surface area contributed by atoms with E-state index in [2.05, 4.69) is 30.3 Å². The molecule has 0 unspecified atom stereocenters. The molecule has 0 radical (unpaired) electrons. The Morgan fingerprint density at radius 2 is 1.56 bits per heavy atom. The van der Waals surface area contributed by atoms with Crippen molar-refractivity contribution in [2.75, 3.05) is 6.54 Å². The van der Waals surface area contributed by atoms with E-state index in [0.29, 0.717) is 6.54 Å². The Balaban J connectivity index is 1.50. The number of ether oxygens (including phenoxy) is 1. The molecule has 0 saturated heterocycles. The summed E-state index contributed by atoms with van der Waals surface area (Å²) in [6.45, 7) is 3.23. The van der Waals surface area contributed by atoms with E-state index < -0.39 is 6.10 Å². The summed E-state index contributed by atoms with van der Waals surface area (Å²) in [6.07, 6.45) is 0.370. The molecule has 1 aliphatic rings. The zero-order chi connectivity index (χ0) is 18.6. The van der Waals surface area contributed by atoms with Crippen LogP contribution in [0.2, 0.25) is 0 Å². The molecule has 27 heavy (non-hydrogen) atoms. The predicted octanol–water partition coefficient (Wildman–Crippen LogP) is 4.71. The summed E-state index contributed by atoms with van der Waals surface area (Å²) in [5.74, 6) is 0.773. The molecule has 1 heterocycles. The summed E-state index contributed by atoms with van der Waals surface area (Å²) in [5, 5.41) is 0. The van der Waals surface area contributed by atoms with E-state index in [9.17, 15) is 4.79 Å². The highest BCUT2D eigenvalue weighted by Crippen LogP contribution is 2.30. The third-order valence-corrected chi connectivity index (χ3v) is 5.07. The van der Waals surface area contributed by atoms with E-state index in [-0.39, 0.29) is 5.91 Å². The number of para-hydroxylation sites is 1. The van der Waals surface area contributed by atoms with Crippen molar-refractivity contribution in [2.45, 2.75) is 26.0 Å². The van der Waals surface area contributed by atoms with Crippen LogP contribution in [0.3, 0.4) is 0 Å². The second-order valence-corrected chi connectivity index (χ2v) is 6.90. The Morgan fingerprint density at radius 1 is 0.889 bits per heavy atom. The molecule has 0 N–H and O–H groups in total. The Morgan fingerprint density at radius 3 is 2.37 bits per heavy atom. The van der Waals surface area contributed by atoms with Gasteiger partial charge in [-0.25, -0.2) is 0 Å². The summed E-state index contributed by atoms with van der Waals surface area (Å²) in [6, 6.07) is 26.3. The third-order valence-electron chi connectivity index (χ3n) is 5.07. The molecule has 0 saturated carbocycles. The molecular weight excluding hydrogens is 334 g/mol. The first-order valence-corrected chi connectivity index (χ1v) is 9.39. The van der Waals surface area contributed by atoms with Gasteiger partial charge in [0.05, 0.1) is 0 Å². The zero-order valence-electron chi connectivity index (χ0n) is 15.5. The van der Waals surface area contributed by atoms with Crippen LogP contribution in [0.5, 0.6) is 5.75 Å². The third kappa shape index (κ3) is 3.72. The van der Waals surface area contributed by atoms with E-state index in [1.807, 2.05) is 60.4 Å². The summed E-state index contributed by atoms with van der Waals surface area (Å²) in [5.41, 5.74) is 4.65. The summed E-state index contributed by atoms with van der Waals surface area (Å²) in [4.78, 5) is 14.9. The SMILES string of the molecule is C[C@H](Oc1ccccc1-c1ccccc1)C(=O)N1CCc2ccccc2C1. The fourth-order valence-electron chi connectivity index (χ4n) is 3.61. The highest BCUT2D eigenvalue weighted by atomic mass is 16.5.